The molecule has 0 fully saturated rings. The minimum absolute atomic E-state index is 0.0452. The van der Waals surface area contributed by atoms with E-state index in [1.165, 1.54) is 16.9 Å². The van der Waals surface area contributed by atoms with Crippen LogP contribution >= 0.6 is 22.9 Å². The fourth-order valence-corrected chi connectivity index (χ4v) is 4.80. The largest absolute Gasteiger partial charge is 0.397 e. The standard InChI is InChI=1S/C19H17ClN2OS/c1-10-6-8-11(9-7-10)16(23)17-15(21)14-12-4-2-3-5-13(12)18(20)22-19(14)24-17/h6-9H,2-5,21H2,1H3. The molecule has 5 heteroatoms. The lowest BCUT2D eigenvalue weighted by molar-refractivity contribution is 0.104. The summed E-state index contributed by atoms with van der Waals surface area (Å²) in [5.41, 5.74) is 11.0. The lowest BCUT2D eigenvalue weighted by atomic mass is 9.90. The molecule has 3 nitrogen and oxygen atoms in total. The van der Waals surface area contributed by atoms with Crippen LogP contribution in [-0.2, 0) is 12.8 Å². The summed E-state index contributed by atoms with van der Waals surface area (Å²) in [6.45, 7) is 2.00. The topological polar surface area (TPSA) is 56.0 Å². The van der Waals surface area contributed by atoms with Crippen LogP contribution in [0.15, 0.2) is 24.3 Å². The number of nitrogens with zero attached hydrogens (tertiary/aromatic N) is 1. The highest BCUT2D eigenvalue weighted by molar-refractivity contribution is 7.21. The van der Waals surface area contributed by atoms with E-state index in [0.29, 0.717) is 21.3 Å². The first-order chi connectivity index (χ1) is 11.6. The van der Waals surface area contributed by atoms with Crippen LogP contribution < -0.4 is 5.73 Å². The molecule has 24 heavy (non-hydrogen) atoms. The summed E-state index contributed by atoms with van der Waals surface area (Å²) in [6, 6.07) is 7.57. The Bertz CT molecular complexity index is 960. The number of carbonyl (C=O) groups excluding carboxylic acids is 1. The average Bonchev–Trinajstić information content (AvgIpc) is 2.92. The van der Waals surface area contributed by atoms with Crippen LogP contribution in [0.25, 0.3) is 10.2 Å². The van der Waals surface area contributed by atoms with Crippen molar-refractivity contribution >= 4 is 44.6 Å². The maximum atomic E-state index is 12.9. The number of hydrogen-bond acceptors (Lipinski definition) is 4. The highest BCUT2D eigenvalue weighted by Crippen LogP contribution is 2.41. The minimum Gasteiger partial charge on any atom is -0.397 e. The summed E-state index contributed by atoms with van der Waals surface area (Å²) >= 11 is 7.71. The molecule has 2 aromatic heterocycles. The molecule has 0 amide bonds. The van der Waals surface area contributed by atoms with Crippen molar-refractivity contribution in [1.82, 2.24) is 4.98 Å². The van der Waals surface area contributed by atoms with Crippen molar-refractivity contribution < 1.29 is 4.79 Å². The Morgan fingerprint density at radius 2 is 1.83 bits per heavy atom. The molecule has 3 aromatic rings. The van der Waals surface area contributed by atoms with E-state index in [-0.39, 0.29) is 5.78 Å². The zero-order valence-corrected chi connectivity index (χ0v) is 14.9. The number of benzene rings is 1. The highest BCUT2D eigenvalue weighted by Gasteiger charge is 2.25. The van der Waals surface area contributed by atoms with Crippen molar-refractivity contribution in [2.45, 2.75) is 32.6 Å². The SMILES string of the molecule is Cc1ccc(C(=O)c2sc3nc(Cl)c4c(c3c2N)CCCC4)cc1. The molecule has 1 aliphatic rings. The van der Waals surface area contributed by atoms with Gasteiger partial charge in [-0.05, 0) is 43.7 Å². The first-order valence-electron chi connectivity index (χ1n) is 8.07. The Morgan fingerprint density at radius 3 is 2.54 bits per heavy atom. The minimum atomic E-state index is -0.0452. The zero-order valence-electron chi connectivity index (χ0n) is 13.4. The number of aromatic nitrogens is 1. The fraction of sp³-hybridized carbons (Fsp3) is 0.263. The van der Waals surface area contributed by atoms with Crippen molar-refractivity contribution in [2.75, 3.05) is 5.73 Å². The maximum Gasteiger partial charge on any atom is 0.205 e. The number of rotatable bonds is 2. The third-order valence-electron chi connectivity index (χ3n) is 4.66. The van der Waals surface area contributed by atoms with Gasteiger partial charge >= 0.3 is 0 Å². The van der Waals surface area contributed by atoms with E-state index in [2.05, 4.69) is 4.98 Å². The third kappa shape index (κ3) is 2.41. The van der Waals surface area contributed by atoms with Gasteiger partial charge in [0.25, 0.3) is 0 Å². The van der Waals surface area contributed by atoms with E-state index in [0.717, 1.165) is 47.0 Å². The second kappa shape index (κ2) is 5.87. The molecule has 2 N–H and O–H groups in total. The molecule has 1 aromatic carbocycles. The number of anilines is 1. The summed E-state index contributed by atoms with van der Waals surface area (Å²) in [5.74, 6) is -0.0452. The van der Waals surface area contributed by atoms with Gasteiger partial charge in [-0.1, -0.05) is 41.4 Å². The van der Waals surface area contributed by atoms with Crippen LogP contribution in [0.3, 0.4) is 0 Å². The van der Waals surface area contributed by atoms with Crippen LogP contribution in [0, 0.1) is 6.92 Å². The van der Waals surface area contributed by atoms with E-state index in [1.54, 1.807) is 0 Å². The highest BCUT2D eigenvalue weighted by atomic mass is 35.5. The number of hydrogen-bond donors (Lipinski definition) is 1. The molecule has 0 spiro atoms. The lowest BCUT2D eigenvalue weighted by Crippen LogP contribution is -2.06. The van der Waals surface area contributed by atoms with Gasteiger partial charge in [0, 0.05) is 10.9 Å². The van der Waals surface area contributed by atoms with Gasteiger partial charge < -0.3 is 5.73 Å². The summed E-state index contributed by atoms with van der Waals surface area (Å²) in [5, 5.41) is 1.50. The molecule has 0 bridgehead atoms. The monoisotopic (exact) mass is 356 g/mol. The predicted octanol–water partition coefficient (Wildman–Crippen LogP) is 4.95. The van der Waals surface area contributed by atoms with E-state index in [4.69, 9.17) is 17.3 Å². The second-order valence-electron chi connectivity index (χ2n) is 6.29. The number of nitrogens with two attached hydrogens (primary N) is 1. The molecule has 0 atom stereocenters. The van der Waals surface area contributed by atoms with Gasteiger partial charge in [-0.3, -0.25) is 4.79 Å². The van der Waals surface area contributed by atoms with Crippen LogP contribution in [0.4, 0.5) is 5.69 Å². The van der Waals surface area contributed by atoms with Gasteiger partial charge in [-0.15, -0.1) is 11.3 Å². The van der Waals surface area contributed by atoms with Gasteiger partial charge in [-0.2, -0.15) is 0 Å². The number of pyridine rings is 1. The first kappa shape index (κ1) is 15.6. The molecule has 0 unspecified atom stereocenters. The van der Waals surface area contributed by atoms with Gasteiger partial charge in [0.2, 0.25) is 5.78 Å². The first-order valence-corrected chi connectivity index (χ1v) is 9.26. The number of carbonyl (C=O) groups is 1. The molecule has 122 valence electrons. The third-order valence-corrected chi connectivity index (χ3v) is 6.08. The molecule has 4 rings (SSSR count). The van der Waals surface area contributed by atoms with Crippen molar-refractivity contribution in [3.8, 4) is 0 Å². The van der Waals surface area contributed by atoms with Gasteiger partial charge in [0.05, 0.1) is 5.69 Å². The fourth-order valence-electron chi connectivity index (χ4n) is 3.37. The quantitative estimate of drug-likeness (QED) is 0.522. The number of halogens is 1. The molecule has 1 aliphatic carbocycles. The summed E-state index contributed by atoms with van der Waals surface area (Å²) in [4.78, 5) is 18.7. The second-order valence-corrected chi connectivity index (χ2v) is 7.64. The van der Waals surface area contributed by atoms with Crippen molar-refractivity contribution in [3.63, 3.8) is 0 Å². The lowest BCUT2D eigenvalue weighted by Gasteiger charge is -2.17. The van der Waals surface area contributed by atoms with Gasteiger partial charge in [-0.25, -0.2) is 4.98 Å². The Labute approximate surface area is 149 Å². The molecule has 0 saturated heterocycles. The molecule has 0 radical (unpaired) electrons. The molecule has 0 saturated carbocycles. The van der Waals surface area contributed by atoms with Crippen LogP contribution in [0.1, 0.15) is 44.8 Å². The number of aryl methyl sites for hydroxylation is 2. The number of nitrogen functional groups attached to an aromatic ring is 1. The Kier molecular flexibility index (Phi) is 3.82. The van der Waals surface area contributed by atoms with E-state index < -0.39 is 0 Å². The normalized spacial score (nSPS) is 13.9. The average molecular weight is 357 g/mol. The number of fused-ring (bicyclic) bond motifs is 3. The molecular weight excluding hydrogens is 340 g/mol. The predicted molar refractivity (Wildman–Crippen MR) is 100 cm³/mol. The van der Waals surface area contributed by atoms with E-state index >= 15 is 0 Å². The van der Waals surface area contributed by atoms with E-state index in [9.17, 15) is 4.79 Å². The summed E-state index contributed by atoms with van der Waals surface area (Å²) in [6.07, 6.45) is 4.14. The van der Waals surface area contributed by atoms with Crippen molar-refractivity contribution in [3.05, 3.63) is 56.5 Å². The Balaban J connectivity index is 1.90. The maximum absolute atomic E-state index is 12.9. The van der Waals surface area contributed by atoms with E-state index in [1.807, 2.05) is 31.2 Å². The van der Waals surface area contributed by atoms with Crippen LogP contribution in [0.5, 0.6) is 0 Å². The Hall–Kier alpha value is -1.91. The van der Waals surface area contributed by atoms with Gasteiger partial charge in [0.15, 0.2) is 0 Å². The van der Waals surface area contributed by atoms with Crippen LogP contribution in [0.2, 0.25) is 5.15 Å². The summed E-state index contributed by atoms with van der Waals surface area (Å²) < 4.78 is 0. The smallest absolute Gasteiger partial charge is 0.205 e. The summed E-state index contributed by atoms with van der Waals surface area (Å²) in [7, 11) is 0. The van der Waals surface area contributed by atoms with Crippen molar-refractivity contribution in [1.29, 1.82) is 0 Å². The van der Waals surface area contributed by atoms with Gasteiger partial charge in [0.1, 0.15) is 14.9 Å². The zero-order chi connectivity index (χ0) is 16.8. The Morgan fingerprint density at radius 1 is 1.17 bits per heavy atom. The number of thiophene rings is 1. The van der Waals surface area contributed by atoms with Crippen molar-refractivity contribution in [2.24, 2.45) is 0 Å². The van der Waals surface area contributed by atoms with Crippen LogP contribution in [-0.4, -0.2) is 10.8 Å². The molecule has 2 heterocycles. The molecular formula is C19H17ClN2OS. The molecule has 0 aliphatic heterocycles. The number of ketones is 1.